The fourth-order valence-electron chi connectivity index (χ4n) is 1.69. The topological polar surface area (TPSA) is 46.2 Å². The Bertz CT molecular complexity index is 336. The normalized spacial score (nSPS) is 18.1. The minimum absolute atomic E-state index is 0.101. The second kappa shape index (κ2) is 3.83. The minimum Gasteiger partial charge on any atom is -0.508 e. The van der Waals surface area contributed by atoms with Gasteiger partial charge in [-0.1, -0.05) is 0 Å². The van der Waals surface area contributed by atoms with E-state index in [0.717, 1.165) is 5.56 Å². The van der Waals surface area contributed by atoms with Gasteiger partial charge in [0.25, 0.3) is 0 Å². The summed E-state index contributed by atoms with van der Waals surface area (Å²) in [6, 6.07) is 5.56. The van der Waals surface area contributed by atoms with Gasteiger partial charge in [-0.3, -0.25) is 0 Å². The molecule has 0 radical (unpaired) electrons. The van der Waals surface area contributed by atoms with Crippen molar-refractivity contribution in [2.24, 2.45) is 11.7 Å². The zero-order valence-electron chi connectivity index (χ0n) is 8.23. The van der Waals surface area contributed by atoms with E-state index in [9.17, 15) is 5.11 Å². The quantitative estimate of drug-likeness (QED) is 0.752. The largest absolute Gasteiger partial charge is 0.508 e. The predicted molar refractivity (Wildman–Crippen MR) is 59.5 cm³/mol. The van der Waals surface area contributed by atoms with E-state index in [-0.39, 0.29) is 6.04 Å². The van der Waals surface area contributed by atoms with Crippen LogP contribution in [0.2, 0.25) is 0 Å². The first kappa shape index (κ1) is 9.87. The highest BCUT2D eigenvalue weighted by Gasteiger charge is 2.30. The van der Waals surface area contributed by atoms with Gasteiger partial charge in [-0.2, -0.15) is 0 Å². The number of nitrogens with two attached hydrogens (primary N) is 1. The van der Waals surface area contributed by atoms with Gasteiger partial charge >= 0.3 is 0 Å². The van der Waals surface area contributed by atoms with Crippen molar-refractivity contribution < 1.29 is 5.11 Å². The maximum absolute atomic E-state index is 9.42. The van der Waals surface area contributed by atoms with Gasteiger partial charge < -0.3 is 10.8 Å². The molecule has 0 unspecified atom stereocenters. The third kappa shape index (κ3) is 1.88. The van der Waals surface area contributed by atoms with Crippen LogP contribution in [0, 0.1) is 5.92 Å². The zero-order chi connectivity index (χ0) is 10.1. The Hall–Kier alpha value is -0.670. The smallest absolute Gasteiger partial charge is 0.115 e. The van der Waals surface area contributed by atoms with Crippen molar-refractivity contribution in [1.29, 1.82) is 0 Å². The summed E-state index contributed by atoms with van der Waals surface area (Å²) in [5.41, 5.74) is 7.22. The van der Waals surface area contributed by atoms with Crippen molar-refractivity contribution >= 4 is 11.8 Å². The lowest BCUT2D eigenvalue weighted by Gasteiger charge is -2.14. The summed E-state index contributed by atoms with van der Waals surface area (Å²) in [4.78, 5) is 1.18. The number of hydrogen-bond donors (Lipinski definition) is 2. The van der Waals surface area contributed by atoms with Crippen LogP contribution in [0.4, 0.5) is 0 Å². The van der Waals surface area contributed by atoms with Crippen LogP contribution in [0.3, 0.4) is 0 Å². The summed E-state index contributed by atoms with van der Waals surface area (Å²) >= 11 is 1.69. The van der Waals surface area contributed by atoms with Gasteiger partial charge in [-0.05, 0) is 48.8 Å². The Morgan fingerprint density at radius 2 is 2.21 bits per heavy atom. The molecule has 1 atom stereocenters. The first-order valence-electron chi connectivity index (χ1n) is 4.85. The molecule has 14 heavy (non-hydrogen) atoms. The van der Waals surface area contributed by atoms with Crippen LogP contribution in [-0.4, -0.2) is 11.4 Å². The first-order chi connectivity index (χ1) is 6.72. The second-order valence-corrected chi connectivity index (χ2v) is 4.64. The third-order valence-corrected chi connectivity index (χ3v) is 3.51. The average molecular weight is 209 g/mol. The average Bonchev–Trinajstić information content (AvgIpc) is 3.00. The van der Waals surface area contributed by atoms with Gasteiger partial charge in [-0.25, -0.2) is 0 Å². The number of rotatable bonds is 3. The SMILES string of the molecule is CSc1ccc(O)cc1[C@H](N)C1CC1. The molecule has 0 heterocycles. The van der Waals surface area contributed by atoms with Crippen molar-refractivity contribution in [3.63, 3.8) is 0 Å². The summed E-state index contributed by atoms with van der Waals surface area (Å²) < 4.78 is 0. The van der Waals surface area contributed by atoms with E-state index >= 15 is 0 Å². The lowest BCUT2D eigenvalue weighted by atomic mass is 10.0. The number of hydrogen-bond acceptors (Lipinski definition) is 3. The number of phenols is 1. The Morgan fingerprint density at radius 1 is 1.50 bits per heavy atom. The van der Waals surface area contributed by atoms with Gasteiger partial charge in [0.1, 0.15) is 5.75 Å². The van der Waals surface area contributed by atoms with Gasteiger partial charge in [0, 0.05) is 10.9 Å². The highest BCUT2D eigenvalue weighted by Crippen LogP contribution is 2.42. The van der Waals surface area contributed by atoms with Gasteiger partial charge in [0.15, 0.2) is 0 Å². The molecule has 1 aromatic carbocycles. The molecular formula is C11H15NOS. The van der Waals surface area contributed by atoms with Crippen LogP contribution in [0.1, 0.15) is 24.4 Å². The molecule has 1 aromatic rings. The standard InChI is InChI=1S/C11H15NOS/c1-14-10-5-4-8(13)6-9(10)11(12)7-2-3-7/h4-7,11,13H,2-3,12H2,1H3/t11-/m1/s1. The predicted octanol–water partition coefficient (Wildman–Crippen LogP) is 2.52. The number of thioether (sulfide) groups is 1. The molecule has 3 heteroatoms. The highest BCUT2D eigenvalue weighted by molar-refractivity contribution is 7.98. The molecular weight excluding hydrogens is 194 g/mol. The molecule has 0 spiro atoms. The number of aromatic hydroxyl groups is 1. The van der Waals surface area contributed by atoms with Crippen LogP contribution >= 0.6 is 11.8 Å². The van der Waals surface area contributed by atoms with Gasteiger partial charge in [0.2, 0.25) is 0 Å². The molecule has 76 valence electrons. The summed E-state index contributed by atoms with van der Waals surface area (Å²) in [5.74, 6) is 0.941. The second-order valence-electron chi connectivity index (χ2n) is 3.79. The molecule has 2 rings (SSSR count). The van der Waals surface area contributed by atoms with Gasteiger partial charge in [-0.15, -0.1) is 11.8 Å². The van der Waals surface area contributed by atoms with Crippen molar-refractivity contribution in [2.45, 2.75) is 23.8 Å². The van der Waals surface area contributed by atoms with E-state index in [2.05, 4.69) is 0 Å². The maximum Gasteiger partial charge on any atom is 0.115 e. The monoisotopic (exact) mass is 209 g/mol. The maximum atomic E-state index is 9.42. The third-order valence-electron chi connectivity index (χ3n) is 2.70. The molecule has 1 aliphatic carbocycles. The molecule has 0 amide bonds. The lowest BCUT2D eigenvalue weighted by Crippen LogP contribution is -2.13. The molecule has 1 saturated carbocycles. The Kier molecular flexibility index (Phi) is 2.70. The summed E-state index contributed by atoms with van der Waals surface area (Å²) in [7, 11) is 0. The van der Waals surface area contributed by atoms with Crippen LogP contribution in [0.25, 0.3) is 0 Å². The summed E-state index contributed by atoms with van der Waals surface area (Å²) in [6.07, 6.45) is 4.49. The summed E-state index contributed by atoms with van der Waals surface area (Å²) in [5, 5.41) is 9.42. The van der Waals surface area contributed by atoms with Crippen molar-refractivity contribution in [3.8, 4) is 5.75 Å². The van der Waals surface area contributed by atoms with Gasteiger partial charge in [0.05, 0.1) is 0 Å². The first-order valence-corrected chi connectivity index (χ1v) is 6.07. The highest BCUT2D eigenvalue weighted by atomic mass is 32.2. The van der Waals surface area contributed by atoms with E-state index in [1.807, 2.05) is 12.3 Å². The molecule has 0 saturated heterocycles. The van der Waals surface area contributed by atoms with Crippen LogP contribution in [-0.2, 0) is 0 Å². The zero-order valence-corrected chi connectivity index (χ0v) is 9.05. The van der Waals surface area contributed by atoms with Crippen molar-refractivity contribution in [3.05, 3.63) is 23.8 Å². The molecule has 3 N–H and O–H groups in total. The van der Waals surface area contributed by atoms with E-state index in [1.165, 1.54) is 17.7 Å². The van der Waals surface area contributed by atoms with Crippen LogP contribution in [0.15, 0.2) is 23.1 Å². The fourth-order valence-corrected chi connectivity index (χ4v) is 2.33. The van der Waals surface area contributed by atoms with E-state index in [4.69, 9.17) is 5.73 Å². The number of phenolic OH excluding ortho intramolecular Hbond substituents is 1. The van der Waals surface area contributed by atoms with E-state index < -0.39 is 0 Å². The molecule has 1 aliphatic rings. The molecule has 2 nitrogen and oxygen atoms in total. The van der Waals surface area contributed by atoms with E-state index in [1.54, 1.807) is 23.9 Å². The van der Waals surface area contributed by atoms with Crippen LogP contribution < -0.4 is 5.73 Å². The Balaban J connectivity index is 2.32. The van der Waals surface area contributed by atoms with Crippen molar-refractivity contribution in [1.82, 2.24) is 0 Å². The lowest BCUT2D eigenvalue weighted by molar-refractivity contribution is 0.472. The fraction of sp³-hybridized carbons (Fsp3) is 0.455. The molecule has 0 aromatic heterocycles. The minimum atomic E-state index is 0.101. The molecule has 0 aliphatic heterocycles. The Labute approximate surface area is 88.5 Å². The van der Waals surface area contributed by atoms with E-state index in [0.29, 0.717) is 11.7 Å². The van der Waals surface area contributed by atoms with Crippen molar-refractivity contribution in [2.75, 3.05) is 6.26 Å². The molecule has 0 bridgehead atoms. The van der Waals surface area contributed by atoms with Crippen LogP contribution in [0.5, 0.6) is 5.75 Å². The molecule has 1 fully saturated rings. The Morgan fingerprint density at radius 3 is 2.79 bits per heavy atom. The number of benzene rings is 1. The summed E-state index contributed by atoms with van der Waals surface area (Å²) in [6.45, 7) is 0.